The van der Waals surface area contributed by atoms with Gasteiger partial charge in [-0.05, 0) is 84.1 Å². The van der Waals surface area contributed by atoms with E-state index in [0.717, 1.165) is 60.9 Å². The number of methoxy groups -OCH3 is 6. The maximum Gasteiger partial charge on any atom is 0.255 e. The number of fused-ring (bicyclic) bond motifs is 1. The number of carbonyl (C=O) groups excluding carboxylic acids is 1. The van der Waals surface area contributed by atoms with E-state index < -0.39 is 6.17 Å². The van der Waals surface area contributed by atoms with E-state index in [4.69, 9.17) is 49.5 Å². The molecule has 0 fully saturated rings. The van der Waals surface area contributed by atoms with Crippen molar-refractivity contribution in [2.45, 2.75) is 57.5 Å². The molecule has 0 radical (unpaired) electrons. The fourth-order valence-electron chi connectivity index (χ4n) is 6.53. The van der Waals surface area contributed by atoms with Crippen LogP contribution in [0.3, 0.4) is 0 Å². The number of ether oxygens (including phenoxy) is 8. The van der Waals surface area contributed by atoms with E-state index in [1.165, 1.54) is 12.8 Å². The molecule has 4 aromatic rings. The van der Waals surface area contributed by atoms with E-state index in [0.29, 0.717) is 69.8 Å². The van der Waals surface area contributed by atoms with E-state index >= 15 is 0 Å². The third kappa shape index (κ3) is 10.9. The molecule has 0 aromatic heterocycles. The van der Waals surface area contributed by atoms with Gasteiger partial charge in [-0.3, -0.25) is 4.79 Å². The Labute approximate surface area is 335 Å². The number of carbonyl (C=O) groups is 1. The van der Waals surface area contributed by atoms with Crippen LogP contribution < -0.4 is 48.5 Å². The molecule has 1 aliphatic rings. The van der Waals surface area contributed by atoms with Crippen molar-refractivity contribution in [1.29, 1.82) is 0 Å². The van der Waals surface area contributed by atoms with Crippen LogP contribution in [0.1, 0.15) is 84.6 Å². The number of anilines is 1. The number of nitrogens with one attached hydrogen (secondary N) is 2. The van der Waals surface area contributed by atoms with Crippen molar-refractivity contribution < 1.29 is 42.7 Å². The minimum atomic E-state index is -0.395. The zero-order valence-corrected chi connectivity index (χ0v) is 33.9. The molecule has 0 aliphatic carbocycles. The van der Waals surface area contributed by atoms with Crippen LogP contribution in [0, 0.1) is 0 Å². The normalized spacial score (nSPS) is 13.3. The molecular formula is C44H53ClN2O9. The first-order valence-corrected chi connectivity index (χ1v) is 19.2. The lowest BCUT2D eigenvalue weighted by atomic mass is 10.1. The summed E-state index contributed by atoms with van der Waals surface area (Å²) in [7, 11) is 9.65. The number of benzene rings is 4. The summed E-state index contributed by atoms with van der Waals surface area (Å²) in [5.41, 5.74) is 3.90. The van der Waals surface area contributed by atoms with Crippen molar-refractivity contribution in [3.63, 3.8) is 0 Å². The van der Waals surface area contributed by atoms with Gasteiger partial charge in [-0.1, -0.05) is 68.3 Å². The lowest BCUT2D eigenvalue weighted by Gasteiger charge is -2.28. The summed E-state index contributed by atoms with van der Waals surface area (Å²) < 4.78 is 45.6. The van der Waals surface area contributed by atoms with Crippen molar-refractivity contribution in [2.75, 3.05) is 61.2 Å². The first-order chi connectivity index (χ1) is 27.3. The lowest BCUT2D eigenvalue weighted by molar-refractivity contribution is 0.0935. The zero-order valence-electron chi connectivity index (χ0n) is 33.1. The van der Waals surface area contributed by atoms with Gasteiger partial charge in [0.2, 0.25) is 11.5 Å². The Morgan fingerprint density at radius 1 is 0.536 bits per heavy atom. The van der Waals surface area contributed by atoms with Gasteiger partial charge in [-0.2, -0.15) is 0 Å². The highest BCUT2D eigenvalue weighted by molar-refractivity contribution is 6.31. The van der Waals surface area contributed by atoms with Crippen LogP contribution in [0.2, 0.25) is 5.02 Å². The van der Waals surface area contributed by atoms with Gasteiger partial charge in [0.05, 0.1) is 61.4 Å². The minimum absolute atomic E-state index is 0.180. The summed E-state index contributed by atoms with van der Waals surface area (Å²) in [5.74, 6) is 4.66. The molecule has 1 atom stereocenters. The molecule has 0 saturated heterocycles. The van der Waals surface area contributed by atoms with Crippen molar-refractivity contribution in [2.24, 2.45) is 0 Å². The molecule has 1 heterocycles. The summed E-state index contributed by atoms with van der Waals surface area (Å²) in [6.07, 6.45) is 12.3. The Kier molecular flexibility index (Phi) is 15.7. The maximum atomic E-state index is 12.7. The van der Waals surface area contributed by atoms with E-state index in [-0.39, 0.29) is 5.91 Å². The SMILES string of the molecule is COc1cc(C2NC(=O)c3cc(Cl)ccc3N2)ccc1OCCCCCCCCCCOc1c(OC)cc(C=Cc2cc(OC)c(OC)c(OC)c2)cc1OC. The molecule has 0 bridgehead atoms. The van der Waals surface area contributed by atoms with Crippen molar-refractivity contribution >= 4 is 35.3 Å². The first-order valence-electron chi connectivity index (χ1n) is 18.9. The number of unbranched alkanes of at least 4 members (excludes halogenated alkanes) is 7. The minimum Gasteiger partial charge on any atom is -0.493 e. The van der Waals surface area contributed by atoms with E-state index in [9.17, 15) is 4.79 Å². The van der Waals surface area contributed by atoms with Gasteiger partial charge in [0.15, 0.2) is 34.5 Å². The summed E-state index contributed by atoms with van der Waals surface area (Å²) in [5, 5.41) is 6.85. The van der Waals surface area contributed by atoms with E-state index in [1.807, 2.05) is 60.7 Å². The second-order valence-electron chi connectivity index (χ2n) is 13.2. The smallest absolute Gasteiger partial charge is 0.255 e. The molecule has 0 spiro atoms. The van der Waals surface area contributed by atoms with Crippen LogP contribution >= 0.6 is 11.6 Å². The molecule has 11 nitrogen and oxygen atoms in total. The van der Waals surface area contributed by atoms with Crippen LogP contribution in [0.15, 0.2) is 60.7 Å². The maximum absolute atomic E-state index is 12.7. The van der Waals surface area contributed by atoms with Gasteiger partial charge in [0, 0.05) is 10.7 Å². The number of halogens is 1. The molecule has 300 valence electrons. The van der Waals surface area contributed by atoms with Gasteiger partial charge >= 0.3 is 0 Å². The van der Waals surface area contributed by atoms with Crippen LogP contribution in [0.25, 0.3) is 12.2 Å². The summed E-state index contributed by atoms with van der Waals surface area (Å²) in [6, 6.07) is 18.6. The Morgan fingerprint density at radius 2 is 1.05 bits per heavy atom. The van der Waals surface area contributed by atoms with Crippen molar-refractivity contribution in [1.82, 2.24) is 5.32 Å². The Hall–Kier alpha value is -5.42. The average Bonchev–Trinajstić information content (AvgIpc) is 3.22. The van der Waals surface area contributed by atoms with Crippen LogP contribution in [0.4, 0.5) is 5.69 Å². The predicted octanol–water partition coefficient (Wildman–Crippen LogP) is 9.99. The van der Waals surface area contributed by atoms with Crippen LogP contribution in [0.5, 0.6) is 46.0 Å². The third-order valence-corrected chi connectivity index (χ3v) is 9.74. The van der Waals surface area contributed by atoms with Crippen molar-refractivity contribution in [3.8, 4) is 46.0 Å². The standard InChI is InChI=1S/C44H53ClN2O9/c1-49-36-27-31(43-46-34-19-18-32(45)28-33(34)44(48)47-43)17-20-35(36)55-21-13-11-9-7-8-10-12-14-22-56-42-39(52-4)25-30(26-40(42)53-5)16-15-29-23-37(50-2)41(54-6)38(24-29)51-3/h15-20,23-28,43,46H,7-14,21-22H2,1-6H3,(H,47,48). The number of amides is 1. The Bertz CT molecular complexity index is 1900. The molecule has 0 saturated carbocycles. The number of hydrogen-bond acceptors (Lipinski definition) is 10. The number of hydrogen-bond donors (Lipinski definition) is 2. The van der Waals surface area contributed by atoms with Crippen molar-refractivity contribution in [3.05, 3.63) is 87.9 Å². The van der Waals surface area contributed by atoms with Gasteiger partial charge < -0.3 is 48.5 Å². The molecular weight excluding hydrogens is 736 g/mol. The third-order valence-electron chi connectivity index (χ3n) is 9.50. The average molecular weight is 789 g/mol. The summed E-state index contributed by atoms with van der Waals surface area (Å²) >= 11 is 6.07. The molecule has 1 unspecified atom stereocenters. The van der Waals surface area contributed by atoms with E-state index in [2.05, 4.69) is 10.6 Å². The Morgan fingerprint density at radius 3 is 1.59 bits per heavy atom. The zero-order chi connectivity index (χ0) is 39.9. The summed E-state index contributed by atoms with van der Waals surface area (Å²) in [6.45, 7) is 1.18. The fourth-order valence-corrected chi connectivity index (χ4v) is 6.70. The largest absolute Gasteiger partial charge is 0.493 e. The molecule has 1 amide bonds. The monoisotopic (exact) mass is 788 g/mol. The highest BCUT2D eigenvalue weighted by Crippen LogP contribution is 2.41. The molecule has 12 heteroatoms. The first kappa shape index (κ1) is 41.7. The predicted molar refractivity (Wildman–Crippen MR) is 221 cm³/mol. The highest BCUT2D eigenvalue weighted by Gasteiger charge is 2.26. The molecule has 56 heavy (non-hydrogen) atoms. The van der Waals surface area contributed by atoms with Crippen LogP contribution in [-0.4, -0.2) is 61.8 Å². The second kappa shape index (κ2) is 21.0. The molecule has 5 rings (SSSR count). The van der Waals surface area contributed by atoms with Gasteiger partial charge in [0.1, 0.15) is 6.17 Å². The highest BCUT2D eigenvalue weighted by atomic mass is 35.5. The summed E-state index contributed by atoms with van der Waals surface area (Å²) in [4.78, 5) is 12.7. The topological polar surface area (TPSA) is 115 Å². The molecule has 2 N–H and O–H groups in total. The quantitative estimate of drug-likeness (QED) is 0.0589. The molecule has 4 aromatic carbocycles. The Balaban J connectivity index is 0.983. The molecule has 1 aliphatic heterocycles. The fraction of sp³-hybridized carbons (Fsp3) is 0.386. The van der Waals surface area contributed by atoms with Gasteiger partial charge in [-0.15, -0.1) is 0 Å². The second-order valence-corrected chi connectivity index (χ2v) is 13.7. The van der Waals surface area contributed by atoms with Gasteiger partial charge in [0.25, 0.3) is 5.91 Å². The van der Waals surface area contributed by atoms with E-state index in [1.54, 1.807) is 54.8 Å². The lowest BCUT2D eigenvalue weighted by Crippen LogP contribution is -2.38. The van der Waals surface area contributed by atoms with Gasteiger partial charge in [-0.25, -0.2) is 0 Å². The van der Waals surface area contributed by atoms with Crippen LogP contribution in [-0.2, 0) is 0 Å². The number of rotatable bonds is 22.